The molecular weight excluding hydrogens is 430 g/mol. The van der Waals surface area contributed by atoms with Crippen LogP contribution in [0.3, 0.4) is 0 Å². The van der Waals surface area contributed by atoms with Crippen molar-refractivity contribution in [1.82, 2.24) is 20.1 Å². The molecule has 2 aliphatic rings. The minimum atomic E-state index is -0.259. The average molecular weight is 460 g/mol. The van der Waals surface area contributed by atoms with Crippen molar-refractivity contribution in [2.75, 3.05) is 31.5 Å². The maximum absolute atomic E-state index is 12.8. The number of aromatic amines is 1. The first kappa shape index (κ1) is 22.0. The van der Waals surface area contributed by atoms with Gasteiger partial charge in [0.25, 0.3) is 5.91 Å². The number of aromatic nitrogens is 1. The summed E-state index contributed by atoms with van der Waals surface area (Å²) in [5.74, 6) is -0.358. The van der Waals surface area contributed by atoms with Gasteiger partial charge in [0.1, 0.15) is 0 Å². The number of anilines is 1. The van der Waals surface area contributed by atoms with Crippen LogP contribution in [0.2, 0.25) is 0 Å². The van der Waals surface area contributed by atoms with Crippen LogP contribution in [0.15, 0.2) is 48.5 Å². The van der Waals surface area contributed by atoms with Crippen LogP contribution < -0.4 is 10.6 Å². The summed E-state index contributed by atoms with van der Waals surface area (Å²) >= 11 is 0. The lowest BCUT2D eigenvalue weighted by molar-refractivity contribution is -0.131. The second-order valence-corrected chi connectivity index (χ2v) is 9.08. The Morgan fingerprint density at radius 3 is 2.68 bits per heavy atom. The van der Waals surface area contributed by atoms with Gasteiger partial charge in [0, 0.05) is 53.5 Å². The van der Waals surface area contributed by atoms with E-state index in [2.05, 4.69) is 15.6 Å². The van der Waals surface area contributed by atoms with E-state index in [9.17, 15) is 14.4 Å². The minimum absolute atomic E-state index is 0.0345. The van der Waals surface area contributed by atoms with E-state index >= 15 is 0 Å². The number of rotatable bonds is 4. The number of nitrogens with zero attached hydrogens (tertiary/aromatic N) is 2. The second kappa shape index (κ2) is 9.21. The molecule has 0 bridgehead atoms. The van der Waals surface area contributed by atoms with Crippen LogP contribution in [0.25, 0.3) is 10.9 Å². The number of benzene rings is 2. The van der Waals surface area contributed by atoms with E-state index in [0.717, 1.165) is 47.1 Å². The Morgan fingerprint density at radius 1 is 1.06 bits per heavy atom. The Labute approximate surface area is 198 Å². The second-order valence-electron chi connectivity index (χ2n) is 9.08. The lowest BCUT2D eigenvalue weighted by atomic mass is 10.0. The van der Waals surface area contributed by atoms with Crippen LogP contribution in [0.4, 0.5) is 10.5 Å². The first-order chi connectivity index (χ1) is 16.5. The van der Waals surface area contributed by atoms with Crippen LogP contribution >= 0.6 is 0 Å². The fourth-order valence-electron chi connectivity index (χ4n) is 4.95. The number of nitrogens with one attached hydrogen (secondary N) is 3. The first-order valence-corrected chi connectivity index (χ1v) is 11.8. The van der Waals surface area contributed by atoms with Crippen molar-refractivity contribution in [3.8, 4) is 0 Å². The highest BCUT2D eigenvalue weighted by Crippen LogP contribution is 2.24. The normalized spacial score (nSPS) is 16.7. The number of likely N-dealkylation sites (tertiary alicyclic amines) is 1. The van der Waals surface area contributed by atoms with Crippen LogP contribution in [0.1, 0.15) is 34.5 Å². The van der Waals surface area contributed by atoms with Gasteiger partial charge in [0.05, 0.1) is 6.54 Å². The number of hydrogen-bond acceptors (Lipinski definition) is 3. The summed E-state index contributed by atoms with van der Waals surface area (Å²) in [5.41, 5.74) is 4.58. The number of fused-ring (bicyclic) bond motifs is 2. The smallest absolute Gasteiger partial charge is 0.322 e. The topological polar surface area (TPSA) is 97.5 Å². The largest absolute Gasteiger partial charge is 0.359 e. The van der Waals surface area contributed by atoms with Gasteiger partial charge in [-0.15, -0.1) is 0 Å². The van der Waals surface area contributed by atoms with Crippen molar-refractivity contribution in [1.29, 1.82) is 0 Å². The molecule has 5 rings (SSSR count). The Bertz CT molecular complexity index is 1240. The molecule has 0 unspecified atom stereocenters. The molecule has 0 spiro atoms. The molecule has 1 aromatic heterocycles. The zero-order chi connectivity index (χ0) is 23.7. The van der Waals surface area contributed by atoms with Gasteiger partial charge in [-0.3, -0.25) is 9.59 Å². The summed E-state index contributed by atoms with van der Waals surface area (Å²) in [5, 5.41) is 6.75. The third-order valence-electron chi connectivity index (χ3n) is 6.82. The molecule has 0 atom stereocenters. The van der Waals surface area contributed by atoms with E-state index in [1.54, 1.807) is 11.0 Å². The predicted molar refractivity (Wildman–Crippen MR) is 131 cm³/mol. The van der Waals surface area contributed by atoms with Gasteiger partial charge in [-0.2, -0.15) is 0 Å². The van der Waals surface area contributed by atoms with Gasteiger partial charge in [-0.05, 0) is 62.1 Å². The highest BCUT2D eigenvalue weighted by Gasteiger charge is 2.31. The highest BCUT2D eigenvalue weighted by molar-refractivity contribution is 5.99. The van der Waals surface area contributed by atoms with Gasteiger partial charge in [0.2, 0.25) is 5.91 Å². The number of carbonyl (C=O) groups excluding carboxylic acids is 3. The van der Waals surface area contributed by atoms with E-state index in [0.29, 0.717) is 25.2 Å². The molecule has 3 N–H and O–H groups in total. The summed E-state index contributed by atoms with van der Waals surface area (Å²) in [4.78, 5) is 45.0. The molecular formula is C26H29N5O3. The Hall–Kier alpha value is -3.81. The SMILES string of the molecule is Cc1cc2cc(C(=O)NCC(=O)N3CCC(N4CCc5ccccc5NC4=O)CC3)ccc2[nH]1. The standard InChI is InChI=1S/C26H29N5O3/c1-17-14-20-15-19(6-7-23(20)28-17)25(33)27-16-24(32)30-11-9-21(10-12-30)31-13-8-18-4-2-3-5-22(18)29-26(31)34/h2-7,14-15,21,28H,8-13,16H2,1H3,(H,27,33)(H,29,34). The molecule has 3 heterocycles. The van der Waals surface area contributed by atoms with Crippen molar-refractivity contribution in [2.24, 2.45) is 0 Å². The van der Waals surface area contributed by atoms with Gasteiger partial charge in [-0.25, -0.2) is 4.79 Å². The lowest BCUT2D eigenvalue weighted by Gasteiger charge is -2.38. The zero-order valence-corrected chi connectivity index (χ0v) is 19.3. The van der Waals surface area contributed by atoms with Crippen LogP contribution in [-0.4, -0.2) is 64.9 Å². The average Bonchev–Trinajstić information content (AvgIpc) is 3.13. The van der Waals surface area contributed by atoms with Crippen molar-refractivity contribution in [2.45, 2.75) is 32.2 Å². The third-order valence-corrected chi connectivity index (χ3v) is 6.82. The number of carbonyl (C=O) groups is 3. The van der Waals surface area contributed by atoms with Crippen molar-refractivity contribution in [3.63, 3.8) is 0 Å². The first-order valence-electron chi connectivity index (χ1n) is 11.8. The number of urea groups is 1. The van der Waals surface area contributed by atoms with Gasteiger partial charge >= 0.3 is 6.03 Å². The van der Waals surface area contributed by atoms with Crippen molar-refractivity contribution in [3.05, 3.63) is 65.4 Å². The van der Waals surface area contributed by atoms with Crippen molar-refractivity contribution >= 4 is 34.4 Å². The lowest BCUT2D eigenvalue weighted by Crippen LogP contribution is -2.51. The van der Waals surface area contributed by atoms with E-state index in [-0.39, 0.29) is 30.4 Å². The fourth-order valence-corrected chi connectivity index (χ4v) is 4.95. The summed E-state index contributed by atoms with van der Waals surface area (Å²) in [6.07, 6.45) is 2.27. The molecule has 8 nitrogen and oxygen atoms in total. The van der Waals surface area contributed by atoms with E-state index < -0.39 is 0 Å². The van der Waals surface area contributed by atoms with Gasteiger partial charge in [0.15, 0.2) is 0 Å². The molecule has 0 radical (unpaired) electrons. The van der Waals surface area contributed by atoms with E-state index in [1.807, 2.05) is 54.3 Å². The number of aryl methyl sites for hydroxylation is 1. The maximum atomic E-state index is 12.8. The number of piperidine rings is 1. The van der Waals surface area contributed by atoms with Crippen molar-refractivity contribution < 1.29 is 14.4 Å². The number of H-pyrrole nitrogens is 1. The zero-order valence-electron chi connectivity index (χ0n) is 19.3. The van der Waals surface area contributed by atoms with Crippen LogP contribution in [-0.2, 0) is 11.2 Å². The summed E-state index contributed by atoms with van der Waals surface area (Å²) in [6, 6.07) is 15.4. The molecule has 2 aromatic carbocycles. The monoisotopic (exact) mass is 459 g/mol. The van der Waals surface area contributed by atoms with Gasteiger partial charge in [-0.1, -0.05) is 18.2 Å². The Balaban J connectivity index is 1.12. The molecule has 0 aliphatic carbocycles. The minimum Gasteiger partial charge on any atom is -0.359 e. The summed E-state index contributed by atoms with van der Waals surface area (Å²) < 4.78 is 0. The molecule has 0 saturated carbocycles. The summed E-state index contributed by atoms with van der Waals surface area (Å²) in [7, 11) is 0. The molecule has 4 amide bonds. The Kier molecular flexibility index (Phi) is 5.96. The van der Waals surface area contributed by atoms with Crippen LogP contribution in [0, 0.1) is 6.92 Å². The molecule has 8 heteroatoms. The molecule has 176 valence electrons. The van der Waals surface area contributed by atoms with Gasteiger partial charge < -0.3 is 25.4 Å². The summed E-state index contributed by atoms with van der Waals surface area (Å²) in [6.45, 7) is 3.75. The number of para-hydroxylation sites is 1. The number of hydrogen-bond donors (Lipinski definition) is 3. The molecule has 34 heavy (non-hydrogen) atoms. The molecule has 2 aliphatic heterocycles. The van der Waals surface area contributed by atoms with E-state index in [1.165, 1.54) is 0 Å². The molecule has 1 fully saturated rings. The number of amides is 4. The fraction of sp³-hybridized carbons (Fsp3) is 0.346. The quantitative estimate of drug-likeness (QED) is 0.559. The molecule has 3 aromatic rings. The third kappa shape index (κ3) is 4.48. The molecule has 1 saturated heterocycles. The van der Waals surface area contributed by atoms with E-state index in [4.69, 9.17) is 0 Å². The highest BCUT2D eigenvalue weighted by atomic mass is 16.2. The maximum Gasteiger partial charge on any atom is 0.322 e. The van der Waals surface area contributed by atoms with Crippen LogP contribution in [0.5, 0.6) is 0 Å². The Morgan fingerprint density at radius 2 is 1.85 bits per heavy atom. The predicted octanol–water partition coefficient (Wildman–Crippen LogP) is 3.29.